The van der Waals surface area contributed by atoms with Gasteiger partial charge in [0.15, 0.2) is 0 Å². The predicted octanol–water partition coefficient (Wildman–Crippen LogP) is 4.43. The molecule has 4 bridgehead atoms. The molecule has 0 heterocycles. The Balaban J connectivity index is 1.47. The van der Waals surface area contributed by atoms with Crippen molar-refractivity contribution in [3.8, 4) is 0 Å². The molecule has 0 saturated heterocycles. The third kappa shape index (κ3) is 1.93. The molecule has 0 N–H and O–H groups in total. The van der Waals surface area contributed by atoms with Crippen LogP contribution in [0.5, 0.6) is 0 Å². The number of hydrogen-bond donors (Lipinski definition) is 0. The van der Waals surface area contributed by atoms with E-state index in [4.69, 9.17) is 4.74 Å². The van der Waals surface area contributed by atoms with Crippen LogP contribution in [0.3, 0.4) is 0 Å². The Kier molecular flexibility index (Phi) is 3.17. The van der Waals surface area contributed by atoms with Crippen LogP contribution < -0.4 is 0 Å². The summed E-state index contributed by atoms with van der Waals surface area (Å²) in [6.45, 7) is 6.95. The molecule has 4 aliphatic rings. The van der Waals surface area contributed by atoms with Crippen LogP contribution in [0.1, 0.15) is 65.7 Å². The molecular weight excluding hydrogens is 260 g/mol. The van der Waals surface area contributed by atoms with Crippen molar-refractivity contribution in [1.29, 1.82) is 0 Å². The molecule has 4 saturated carbocycles. The van der Waals surface area contributed by atoms with Gasteiger partial charge in [0.1, 0.15) is 5.60 Å². The van der Waals surface area contributed by atoms with Gasteiger partial charge in [-0.05, 0) is 80.5 Å². The third-order valence-corrected chi connectivity index (χ3v) is 8.02. The molecule has 4 rings (SSSR count). The molecule has 0 radical (unpaired) electrons. The second-order valence-electron chi connectivity index (χ2n) is 8.64. The van der Waals surface area contributed by atoms with Crippen molar-refractivity contribution in [3.63, 3.8) is 0 Å². The van der Waals surface area contributed by atoms with Gasteiger partial charge in [0.05, 0.1) is 5.92 Å². The Morgan fingerprint density at radius 2 is 1.95 bits per heavy atom. The second-order valence-corrected chi connectivity index (χ2v) is 8.64. The van der Waals surface area contributed by atoms with E-state index >= 15 is 0 Å². The molecule has 0 aromatic rings. The van der Waals surface area contributed by atoms with Gasteiger partial charge in [-0.25, -0.2) is 0 Å². The number of fused-ring (bicyclic) bond motifs is 4. The van der Waals surface area contributed by atoms with E-state index in [1.54, 1.807) is 0 Å². The molecular formula is C19H30O2. The lowest BCUT2D eigenvalue weighted by Gasteiger charge is -2.39. The minimum atomic E-state index is -0.0866. The fourth-order valence-corrected chi connectivity index (χ4v) is 6.51. The standard InChI is InChI=1S/C19H30O2/c1-4-19(10-13-5-6-15(19)7-13)21-18(20)17-9-14-8-16(17)12(3)11(14)2/h11-17H,4-10H2,1-3H3/t11?,12?,13-,14?,15+,16?,17?,19-/m1/s1. The van der Waals surface area contributed by atoms with Gasteiger partial charge < -0.3 is 4.74 Å². The Labute approximate surface area is 129 Å². The van der Waals surface area contributed by atoms with E-state index in [9.17, 15) is 4.79 Å². The van der Waals surface area contributed by atoms with E-state index in [0.717, 1.165) is 37.0 Å². The maximum Gasteiger partial charge on any atom is 0.309 e. The van der Waals surface area contributed by atoms with Gasteiger partial charge in [-0.1, -0.05) is 20.8 Å². The zero-order valence-electron chi connectivity index (χ0n) is 13.8. The minimum absolute atomic E-state index is 0.0866. The SMILES string of the molecule is CC[C@@]1(OC(=O)C2CC3CC2C(C)C3C)C[C@@H]2CC[C@H]1C2. The summed E-state index contributed by atoms with van der Waals surface area (Å²) in [5.74, 6) is 4.76. The average Bonchev–Trinajstić information content (AvgIpc) is 3.21. The maximum atomic E-state index is 12.9. The van der Waals surface area contributed by atoms with Crippen molar-refractivity contribution < 1.29 is 9.53 Å². The van der Waals surface area contributed by atoms with Crippen LogP contribution in [0.15, 0.2) is 0 Å². The summed E-state index contributed by atoms with van der Waals surface area (Å²) in [4.78, 5) is 12.9. The smallest absolute Gasteiger partial charge is 0.309 e. The number of hydrogen-bond acceptors (Lipinski definition) is 2. The molecule has 5 unspecified atom stereocenters. The van der Waals surface area contributed by atoms with Crippen LogP contribution in [0.2, 0.25) is 0 Å². The van der Waals surface area contributed by atoms with Crippen LogP contribution in [0.4, 0.5) is 0 Å². The Bertz CT molecular complexity index is 443. The molecule has 0 aromatic carbocycles. The predicted molar refractivity (Wildman–Crippen MR) is 82.6 cm³/mol. The monoisotopic (exact) mass is 290 g/mol. The summed E-state index contributed by atoms with van der Waals surface area (Å²) < 4.78 is 6.26. The van der Waals surface area contributed by atoms with Crippen LogP contribution in [-0.2, 0) is 9.53 Å². The molecule has 0 aromatic heterocycles. The topological polar surface area (TPSA) is 26.3 Å². The lowest BCUT2D eigenvalue weighted by atomic mass is 9.75. The zero-order chi connectivity index (χ0) is 14.8. The molecule has 0 spiro atoms. The lowest BCUT2D eigenvalue weighted by Crippen LogP contribution is -2.43. The highest BCUT2D eigenvalue weighted by Gasteiger charge is 2.56. The maximum absolute atomic E-state index is 12.9. The van der Waals surface area contributed by atoms with Crippen molar-refractivity contribution in [1.82, 2.24) is 0 Å². The molecule has 4 aliphatic carbocycles. The number of esters is 1. The van der Waals surface area contributed by atoms with Crippen LogP contribution in [0, 0.1) is 41.4 Å². The number of rotatable bonds is 3. The van der Waals surface area contributed by atoms with Gasteiger partial charge in [0, 0.05) is 0 Å². The van der Waals surface area contributed by atoms with Crippen LogP contribution in [-0.4, -0.2) is 11.6 Å². The van der Waals surface area contributed by atoms with Crippen molar-refractivity contribution in [2.45, 2.75) is 71.3 Å². The molecule has 118 valence electrons. The van der Waals surface area contributed by atoms with Gasteiger partial charge >= 0.3 is 5.97 Å². The van der Waals surface area contributed by atoms with Crippen LogP contribution in [0.25, 0.3) is 0 Å². The minimum Gasteiger partial charge on any atom is -0.459 e. The van der Waals surface area contributed by atoms with Gasteiger partial charge in [-0.2, -0.15) is 0 Å². The molecule has 0 amide bonds. The van der Waals surface area contributed by atoms with E-state index in [1.165, 1.54) is 25.7 Å². The van der Waals surface area contributed by atoms with Gasteiger partial charge in [-0.3, -0.25) is 4.79 Å². The summed E-state index contributed by atoms with van der Waals surface area (Å²) in [6.07, 6.45) is 8.50. The molecule has 8 atom stereocenters. The summed E-state index contributed by atoms with van der Waals surface area (Å²) >= 11 is 0. The van der Waals surface area contributed by atoms with E-state index < -0.39 is 0 Å². The van der Waals surface area contributed by atoms with E-state index in [1.807, 2.05) is 0 Å². The summed E-state index contributed by atoms with van der Waals surface area (Å²) in [5, 5.41) is 0. The Hall–Kier alpha value is -0.530. The number of carbonyl (C=O) groups excluding carboxylic acids is 1. The summed E-state index contributed by atoms with van der Waals surface area (Å²) in [7, 11) is 0. The first-order valence-electron chi connectivity index (χ1n) is 9.27. The average molecular weight is 290 g/mol. The molecule has 21 heavy (non-hydrogen) atoms. The molecule has 0 aliphatic heterocycles. The van der Waals surface area contributed by atoms with Crippen LogP contribution >= 0.6 is 0 Å². The van der Waals surface area contributed by atoms with Crippen molar-refractivity contribution in [2.75, 3.05) is 0 Å². The summed E-state index contributed by atoms with van der Waals surface area (Å²) in [5.41, 5.74) is -0.0866. The fourth-order valence-electron chi connectivity index (χ4n) is 6.51. The molecule has 2 nitrogen and oxygen atoms in total. The van der Waals surface area contributed by atoms with Gasteiger partial charge in [0.25, 0.3) is 0 Å². The Morgan fingerprint density at radius 3 is 2.48 bits per heavy atom. The first-order valence-corrected chi connectivity index (χ1v) is 9.27. The summed E-state index contributed by atoms with van der Waals surface area (Å²) in [6, 6.07) is 0. The van der Waals surface area contributed by atoms with E-state index in [0.29, 0.717) is 17.8 Å². The highest BCUT2D eigenvalue weighted by Crippen LogP contribution is 2.57. The lowest BCUT2D eigenvalue weighted by molar-refractivity contribution is -0.174. The van der Waals surface area contributed by atoms with E-state index in [-0.39, 0.29) is 17.5 Å². The van der Waals surface area contributed by atoms with Crippen molar-refractivity contribution in [2.24, 2.45) is 41.4 Å². The Morgan fingerprint density at radius 1 is 1.14 bits per heavy atom. The third-order valence-electron chi connectivity index (χ3n) is 8.02. The zero-order valence-corrected chi connectivity index (χ0v) is 13.8. The fraction of sp³-hybridized carbons (Fsp3) is 0.947. The van der Waals surface area contributed by atoms with Crippen molar-refractivity contribution in [3.05, 3.63) is 0 Å². The van der Waals surface area contributed by atoms with Gasteiger partial charge in [0.2, 0.25) is 0 Å². The number of ether oxygens (including phenoxy) is 1. The highest BCUT2D eigenvalue weighted by molar-refractivity contribution is 5.74. The normalized spacial score (nSPS) is 54.3. The largest absolute Gasteiger partial charge is 0.459 e. The van der Waals surface area contributed by atoms with Crippen molar-refractivity contribution >= 4 is 5.97 Å². The quantitative estimate of drug-likeness (QED) is 0.719. The number of carbonyl (C=O) groups is 1. The molecule has 2 heteroatoms. The first-order chi connectivity index (χ1) is 10.0. The van der Waals surface area contributed by atoms with E-state index in [2.05, 4.69) is 20.8 Å². The molecule has 4 fully saturated rings. The second kappa shape index (κ2) is 4.73. The van der Waals surface area contributed by atoms with Gasteiger partial charge in [-0.15, -0.1) is 0 Å². The highest BCUT2D eigenvalue weighted by atomic mass is 16.6. The first kappa shape index (κ1) is 14.1.